The smallest absolute Gasteiger partial charge is 0.209 e. The zero-order chi connectivity index (χ0) is 8.81. The SMILES string of the molecule is O=C(C#CSI)C1CCOCC1. The maximum atomic E-state index is 11.3. The molecule has 0 aliphatic carbocycles. The Labute approximate surface area is 88.4 Å². The predicted octanol–water partition coefficient (Wildman–Crippen LogP) is 2.03. The fourth-order valence-corrected chi connectivity index (χ4v) is 1.60. The van der Waals surface area contributed by atoms with E-state index in [9.17, 15) is 4.79 Å². The zero-order valence-electron chi connectivity index (χ0n) is 6.51. The Hall–Kier alpha value is 0.270. The summed E-state index contributed by atoms with van der Waals surface area (Å²) in [5.41, 5.74) is 0. The van der Waals surface area contributed by atoms with Gasteiger partial charge in [0.2, 0.25) is 5.78 Å². The molecule has 0 amide bonds. The summed E-state index contributed by atoms with van der Waals surface area (Å²) in [4.78, 5) is 11.3. The van der Waals surface area contributed by atoms with E-state index in [1.54, 1.807) is 0 Å². The molecular weight excluding hydrogens is 287 g/mol. The van der Waals surface area contributed by atoms with Gasteiger partial charge in [0, 0.05) is 40.3 Å². The monoisotopic (exact) mass is 296 g/mol. The van der Waals surface area contributed by atoms with Crippen LogP contribution in [0.1, 0.15) is 12.8 Å². The second-order valence-electron chi connectivity index (χ2n) is 2.56. The molecule has 12 heavy (non-hydrogen) atoms. The zero-order valence-corrected chi connectivity index (χ0v) is 9.48. The third kappa shape index (κ3) is 3.33. The van der Waals surface area contributed by atoms with Gasteiger partial charge in [-0.15, -0.1) is 0 Å². The minimum Gasteiger partial charge on any atom is -0.381 e. The molecule has 1 aliphatic heterocycles. The van der Waals surface area contributed by atoms with Crippen LogP contribution in [0.15, 0.2) is 0 Å². The molecule has 1 rings (SSSR count). The molecule has 66 valence electrons. The highest BCUT2D eigenvalue weighted by Crippen LogP contribution is 2.15. The van der Waals surface area contributed by atoms with Crippen LogP contribution in [0.3, 0.4) is 0 Å². The molecule has 0 bridgehead atoms. The Morgan fingerprint density at radius 2 is 2.17 bits per heavy atom. The van der Waals surface area contributed by atoms with Crippen molar-refractivity contribution in [2.24, 2.45) is 5.92 Å². The Kier molecular flexibility index (Phi) is 5.04. The van der Waals surface area contributed by atoms with Gasteiger partial charge in [-0.2, -0.15) is 0 Å². The maximum Gasteiger partial charge on any atom is 0.209 e. The number of Topliss-reactive ketones (excluding diaryl/α,β-unsaturated/α-hetero) is 1. The quantitative estimate of drug-likeness (QED) is 0.547. The lowest BCUT2D eigenvalue weighted by molar-refractivity contribution is -0.120. The molecule has 0 N–H and O–H groups in total. The number of halogens is 1. The van der Waals surface area contributed by atoms with E-state index >= 15 is 0 Å². The van der Waals surface area contributed by atoms with Crippen LogP contribution in [0.25, 0.3) is 0 Å². The maximum absolute atomic E-state index is 11.3. The largest absolute Gasteiger partial charge is 0.381 e. The molecule has 1 aliphatic rings. The standard InChI is InChI=1S/C8H9IO2S/c9-12-6-3-8(10)7-1-4-11-5-2-7/h7H,1-2,4-5H2. The molecule has 0 aromatic carbocycles. The van der Waals surface area contributed by atoms with Crippen molar-refractivity contribution in [3.05, 3.63) is 0 Å². The minimum atomic E-state index is 0.0717. The molecule has 0 unspecified atom stereocenters. The lowest BCUT2D eigenvalue weighted by Gasteiger charge is -2.18. The van der Waals surface area contributed by atoms with Crippen LogP contribution in [0, 0.1) is 17.1 Å². The van der Waals surface area contributed by atoms with E-state index in [2.05, 4.69) is 32.4 Å². The van der Waals surface area contributed by atoms with E-state index in [0.29, 0.717) is 13.2 Å². The summed E-state index contributed by atoms with van der Waals surface area (Å²) in [6, 6.07) is 0. The first-order valence-corrected chi connectivity index (χ1v) is 7.10. The van der Waals surface area contributed by atoms with Crippen molar-refractivity contribution in [3.8, 4) is 11.2 Å². The average molecular weight is 296 g/mol. The molecule has 4 heteroatoms. The molecular formula is C8H9IO2S. The molecule has 0 atom stereocenters. The molecule has 0 aromatic rings. The van der Waals surface area contributed by atoms with E-state index in [4.69, 9.17) is 4.74 Å². The van der Waals surface area contributed by atoms with Gasteiger partial charge in [-0.1, -0.05) is 0 Å². The Morgan fingerprint density at radius 3 is 2.75 bits per heavy atom. The fourth-order valence-electron chi connectivity index (χ4n) is 1.13. The van der Waals surface area contributed by atoms with Gasteiger partial charge in [-0.3, -0.25) is 4.79 Å². The van der Waals surface area contributed by atoms with Crippen molar-refractivity contribution < 1.29 is 9.53 Å². The van der Waals surface area contributed by atoms with Crippen LogP contribution in [0.5, 0.6) is 0 Å². The molecule has 0 radical (unpaired) electrons. The first-order valence-electron chi connectivity index (χ1n) is 3.75. The molecule has 2 nitrogen and oxygen atoms in total. The van der Waals surface area contributed by atoms with Gasteiger partial charge in [0.05, 0.1) is 0 Å². The lowest BCUT2D eigenvalue weighted by atomic mass is 9.96. The second kappa shape index (κ2) is 5.84. The van der Waals surface area contributed by atoms with Crippen LogP contribution < -0.4 is 0 Å². The van der Waals surface area contributed by atoms with Crippen LogP contribution in [0.4, 0.5) is 0 Å². The van der Waals surface area contributed by atoms with Crippen molar-refractivity contribution in [2.45, 2.75) is 12.8 Å². The molecule has 0 aromatic heterocycles. The number of carbonyl (C=O) groups is 1. The number of ketones is 1. The second-order valence-corrected chi connectivity index (χ2v) is 4.23. The van der Waals surface area contributed by atoms with Gasteiger partial charge < -0.3 is 4.74 Å². The molecule has 1 heterocycles. The highest BCUT2D eigenvalue weighted by atomic mass is 127. The molecule has 1 fully saturated rings. The van der Waals surface area contributed by atoms with Crippen LogP contribution in [-0.4, -0.2) is 19.0 Å². The van der Waals surface area contributed by atoms with E-state index in [1.165, 1.54) is 8.93 Å². The summed E-state index contributed by atoms with van der Waals surface area (Å²) in [5, 5.41) is 2.71. The topological polar surface area (TPSA) is 26.3 Å². The summed E-state index contributed by atoms with van der Waals surface area (Å²) in [6.07, 6.45) is 1.67. The van der Waals surface area contributed by atoms with Gasteiger partial charge in [0.1, 0.15) is 0 Å². The first kappa shape index (κ1) is 10.4. The fraction of sp³-hybridized carbons (Fsp3) is 0.625. The van der Waals surface area contributed by atoms with Gasteiger partial charge >= 0.3 is 0 Å². The number of hydrogen-bond acceptors (Lipinski definition) is 3. The van der Waals surface area contributed by atoms with Gasteiger partial charge in [0.25, 0.3) is 0 Å². The van der Waals surface area contributed by atoms with Crippen LogP contribution in [-0.2, 0) is 9.53 Å². The summed E-state index contributed by atoms with van der Waals surface area (Å²) < 4.78 is 5.15. The number of ether oxygens (including phenoxy) is 1. The highest BCUT2D eigenvalue weighted by molar-refractivity contribution is 14.2. The van der Waals surface area contributed by atoms with Crippen molar-refractivity contribution in [1.82, 2.24) is 0 Å². The average Bonchev–Trinajstić information content (AvgIpc) is 2.15. The number of rotatable bonds is 1. The summed E-state index contributed by atoms with van der Waals surface area (Å²) in [7, 11) is 1.35. The Morgan fingerprint density at radius 1 is 1.50 bits per heavy atom. The van der Waals surface area contributed by atoms with E-state index < -0.39 is 0 Å². The van der Waals surface area contributed by atoms with Crippen molar-refractivity contribution in [3.63, 3.8) is 0 Å². The van der Waals surface area contributed by atoms with Crippen molar-refractivity contribution in [1.29, 1.82) is 0 Å². The first-order chi connectivity index (χ1) is 5.84. The van der Waals surface area contributed by atoms with Gasteiger partial charge in [-0.05, 0) is 32.9 Å². The van der Waals surface area contributed by atoms with Crippen LogP contribution in [0.2, 0.25) is 0 Å². The third-order valence-corrected chi connectivity index (χ3v) is 2.64. The minimum absolute atomic E-state index is 0.0717. The van der Waals surface area contributed by atoms with Crippen molar-refractivity contribution in [2.75, 3.05) is 13.2 Å². The van der Waals surface area contributed by atoms with Gasteiger partial charge in [-0.25, -0.2) is 0 Å². The summed E-state index contributed by atoms with van der Waals surface area (Å²) >= 11 is 2.06. The van der Waals surface area contributed by atoms with E-state index in [-0.39, 0.29) is 11.7 Å². The highest BCUT2D eigenvalue weighted by Gasteiger charge is 2.19. The predicted molar refractivity (Wildman–Crippen MR) is 57.9 cm³/mol. The molecule has 1 saturated heterocycles. The lowest BCUT2D eigenvalue weighted by Crippen LogP contribution is -2.22. The molecule has 0 saturated carbocycles. The van der Waals surface area contributed by atoms with Gasteiger partial charge in [0.15, 0.2) is 0 Å². The number of carbonyl (C=O) groups excluding carboxylic acids is 1. The summed E-state index contributed by atoms with van der Waals surface area (Å²) in [6.45, 7) is 1.41. The molecule has 0 spiro atoms. The van der Waals surface area contributed by atoms with E-state index in [1.807, 2.05) is 0 Å². The number of hydrogen-bond donors (Lipinski definition) is 0. The van der Waals surface area contributed by atoms with Crippen LogP contribution >= 0.6 is 30.1 Å². The Bertz CT molecular complexity index is 213. The summed E-state index contributed by atoms with van der Waals surface area (Å²) in [5.74, 6) is 2.80. The normalized spacial score (nSPS) is 18.1. The third-order valence-electron chi connectivity index (χ3n) is 1.80. The van der Waals surface area contributed by atoms with E-state index in [0.717, 1.165) is 12.8 Å². The van der Waals surface area contributed by atoms with Crippen molar-refractivity contribution >= 4 is 35.9 Å². The Balaban J connectivity index is 2.40.